The summed E-state index contributed by atoms with van der Waals surface area (Å²) in [4.78, 5) is 24.0. The van der Waals surface area contributed by atoms with Gasteiger partial charge in [0.05, 0.1) is 25.3 Å². The van der Waals surface area contributed by atoms with E-state index in [-0.39, 0.29) is 11.1 Å². The number of unbranched alkanes of at least 4 members (excludes halogenated alkanes) is 14. The second-order valence-electron chi connectivity index (χ2n) is 10.4. The first-order valence-corrected chi connectivity index (χ1v) is 15.0. The summed E-state index contributed by atoms with van der Waals surface area (Å²) in [5.74, 6) is -1.02. The Kier molecular flexibility index (Phi) is 16.5. The summed E-state index contributed by atoms with van der Waals surface area (Å²) in [6.45, 7) is 3.25. The molecule has 6 nitrogen and oxygen atoms in total. The van der Waals surface area contributed by atoms with Crippen molar-refractivity contribution in [3.05, 3.63) is 53.6 Å². The van der Waals surface area contributed by atoms with Crippen LogP contribution in [-0.2, 0) is 9.47 Å². The zero-order valence-corrected chi connectivity index (χ0v) is 24.5. The molecule has 0 aliphatic heterocycles. The number of nitrogens with one attached hydrogen (secondary N) is 2. The highest BCUT2D eigenvalue weighted by Crippen LogP contribution is 2.23. The van der Waals surface area contributed by atoms with E-state index in [4.69, 9.17) is 9.47 Å². The Balaban J connectivity index is 1.59. The van der Waals surface area contributed by atoms with Gasteiger partial charge in [0, 0.05) is 23.6 Å². The lowest BCUT2D eigenvalue weighted by Gasteiger charge is -2.12. The van der Waals surface area contributed by atoms with Gasteiger partial charge in [-0.05, 0) is 48.9 Å². The molecule has 0 amide bonds. The van der Waals surface area contributed by atoms with E-state index in [0.717, 1.165) is 17.9 Å². The van der Waals surface area contributed by atoms with Gasteiger partial charge in [-0.3, -0.25) is 0 Å². The quantitative estimate of drug-likeness (QED) is 0.122. The molecule has 6 heteroatoms. The fraction of sp³-hybridized carbons (Fsp3) is 0.576. The third kappa shape index (κ3) is 13.6. The lowest BCUT2D eigenvalue weighted by atomic mass is 10.0. The number of rotatable bonds is 21. The summed E-state index contributed by atoms with van der Waals surface area (Å²) >= 11 is 0. The van der Waals surface area contributed by atoms with E-state index in [1.165, 1.54) is 117 Å². The van der Waals surface area contributed by atoms with E-state index in [0.29, 0.717) is 5.69 Å². The fourth-order valence-corrected chi connectivity index (χ4v) is 4.74. The van der Waals surface area contributed by atoms with E-state index in [1.54, 1.807) is 12.1 Å². The number of hydrogen-bond acceptors (Lipinski definition) is 6. The van der Waals surface area contributed by atoms with Gasteiger partial charge in [-0.15, -0.1) is 0 Å². The van der Waals surface area contributed by atoms with E-state index >= 15 is 0 Å². The van der Waals surface area contributed by atoms with Gasteiger partial charge < -0.3 is 20.1 Å². The molecule has 0 bridgehead atoms. The van der Waals surface area contributed by atoms with Crippen LogP contribution < -0.4 is 10.6 Å². The minimum absolute atomic E-state index is 0.282. The summed E-state index contributed by atoms with van der Waals surface area (Å²) < 4.78 is 9.61. The molecule has 0 fully saturated rings. The average Bonchev–Trinajstić information content (AvgIpc) is 2.96. The van der Waals surface area contributed by atoms with Crippen molar-refractivity contribution in [2.75, 3.05) is 31.4 Å². The molecular weight excluding hydrogens is 488 g/mol. The average molecular weight is 539 g/mol. The van der Waals surface area contributed by atoms with Crippen molar-refractivity contribution in [3.63, 3.8) is 0 Å². The molecule has 0 spiro atoms. The molecule has 0 aromatic heterocycles. The molecule has 0 atom stereocenters. The van der Waals surface area contributed by atoms with Crippen molar-refractivity contribution < 1.29 is 19.1 Å². The van der Waals surface area contributed by atoms with E-state index in [1.807, 2.05) is 24.3 Å². The minimum Gasteiger partial charge on any atom is -0.465 e. The van der Waals surface area contributed by atoms with Crippen LogP contribution in [-0.4, -0.2) is 32.7 Å². The van der Waals surface area contributed by atoms with Gasteiger partial charge >= 0.3 is 11.9 Å². The van der Waals surface area contributed by atoms with Crippen LogP contribution in [0, 0.1) is 0 Å². The summed E-state index contributed by atoms with van der Waals surface area (Å²) in [5.41, 5.74) is 3.10. The minimum atomic E-state index is -0.512. The van der Waals surface area contributed by atoms with E-state index in [2.05, 4.69) is 17.6 Å². The van der Waals surface area contributed by atoms with Crippen molar-refractivity contribution in [3.8, 4) is 0 Å². The molecule has 2 aromatic rings. The van der Waals surface area contributed by atoms with Gasteiger partial charge in [0.25, 0.3) is 0 Å². The Morgan fingerprint density at radius 3 is 1.41 bits per heavy atom. The topological polar surface area (TPSA) is 76.7 Å². The normalized spacial score (nSPS) is 10.7. The Hall–Kier alpha value is -3.02. The maximum Gasteiger partial charge on any atom is 0.337 e. The third-order valence-electron chi connectivity index (χ3n) is 7.06. The van der Waals surface area contributed by atoms with Crippen LogP contribution in [0.1, 0.15) is 124 Å². The molecule has 2 rings (SSSR count). The number of esters is 2. The Morgan fingerprint density at radius 2 is 0.974 bits per heavy atom. The van der Waals surface area contributed by atoms with Gasteiger partial charge in [-0.25, -0.2) is 9.59 Å². The molecule has 0 saturated carbocycles. The highest BCUT2D eigenvalue weighted by Gasteiger charge is 2.14. The van der Waals surface area contributed by atoms with Crippen LogP contribution >= 0.6 is 0 Å². The van der Waals surface area contributed by atoms with Crippen molar-refractivity contribution in [1.82, 2.24) is 0 Å². The lowest BCUT2D eigenvalue weighted by Crippen LogP contribution is -2.07. The summed E-state index contributed by atoms with van der Waals surface area (Å²) in [7, 11) is 2.62. The van der Waals surface area contributed by atoms with Gasteiger partial charge in [-0.1, -0.05) is 96.8 Å². The van der Waals surface area contributed by atoms with Crippen molar-refractivity contribution in [2.45, 2.75) is 103 Å². The predicted octanol–water partition coefficient (Wildman–Crippen LogP) is 9.29. The number of methoxy groups -OCH3 is 2. The number of anilines is 3. The molecular formula is C33H50N2O4. The van der Waals surface area contributed by atoms with Crippen LogP contribution in [0.2, 0.25) is 0 Å². The zero-order valence-electron chi connectivity index (χ0n) is 24.5. The third-order valence-corrected chi connectivity index (χ3v) is 7.06. The standard InChI is InChI=1S/C33H50N2O4/c1-4-5-6-7-8-9-10-11-12-13-14-15-16-17-18-23-34-29-19-21-30(22-20-29)35-31-25-27(32(36)38-2)24-28(26-31)33(37)39-3/h19-22,24-26,34-35H,4-18,23H2,1-3H3. The molecule has 0 saturated heterocycles. The monoisotopic (exact) mass is 538 g/mol. The molecule has 0 radical (unpaired) electrons. The molecule has 39 heavy (non-hydrogen) atoms. The highest BCUT2D eigenvalue weighted by atomic mass is 16.5. The highest BCUT2D eigenvalue weighted by molar-refractivity contribution is 5.97. The van der Waals surface area contributed by atoms with E-state index in [9.17, 15) is 9.59 Å². The number of carbonyl (C=O) groups is 2. The lowest BCUT2D eigenvalue weighted by molar-refractivity contribution is 0.0599. The van der Waals surface area contributed by atoms with Crippen LogP contribution in [0.15, 0.2) is 42.5 Å². The SMILES string of the molecule is CCCCCCCCCCCCCCCCCNc1ccc(Nc2cc(C(=O)OC)cc(C(=O)OC)c2)cc1. The van der Waals surface area contributed by atoms with E-state index < -0.39 is 11.9 Å². The zero-order chi connectivity index (χ0) is 28.1. The van der Waals surface area contributed by atoms with Gasteiger partial charge in [0.15, 0.2) is 0 Å². The first kappa shape index (κ1) is 32.2. The molecule has 0 aliphatic rings. The summed E-state index contributed by atoms with van der Waals surface area (Å²) in [6, 6.07) is 12.8. The molecule has 0 unspecified atom stereocenters. The van der Waals surface area contributed by atoms with Crippen molar-refractivity contribution in [1.29, 1.82) is 0 Å². The Labute approximate surface area is 236 Å². The van der Waals surface area contributed by atoms with Gasteiger partial charge in [0.2, 0.25) is 0 Å². The van der Waals surface area contributed by atoms with Crippen LogP contribution in [0.3, 0.4) is 0 Å². The van der Waals surface area contributed by atoms with Crippen molar-refractivity contribution >= 4 is 29.0 Å². The number of benzene rings is 2. The largest absolute Gasteiger partial charge is 0.465 e. The van der Waals surface area contributed by atoms with Gasteiger partial charge in [0.1, 0.15) is 0 Å². The predicted molar refractivity (Wildman–Crippen MR) is 162 cm³/mol. The number of carbonyl (C=O) groups excluding carboxylic acids is 2. The first-order valence-electron chi connectivity index (χ1n) is 15.0. The number of hydrogen-bond donors (Lipinski definition) is 2. The smallest absolute Gasteiger partial charge is 0.337 e. The Bertz CT molecular complexity index is 924. The number of ether oxygens (including phenoxy) is 2. The summed E-state index contributed by atoms with van der Waals surface area (Å²) in [6.07, 6.45) is 20.6. The second-order valence-corrected chi connectivity index (χ2v) is 10.4. The molecule has 2 aromatic carbocycles. The van der Waals surface area contributed by atoms with Gasteiger partial charge in [-0.2, -0.15) is 0 Å². The Morgan fingerprint density at radius 1 is 0.564 bits per heavy atom. The molecule has 0 aliphatic carbocycles. The van der Waals surface area contributed by atoms with Crippen LogP contribution in [0.4, 0.5) is 17.1 Å². The summed E-state index contributed by atoms with van der Waals surface area (Å²) in [5, 5.41) is 6.75. The van der Waals surface area contributed by atoms with Crippen molar-refractivity contribution in [2.24, 2.45) is 0 Å². The maximum atomic E-state index is 12.0. The van der Waals surface area contributed by atoms with Crippen LogP contribution in [0.5, 0.6) is 0 Å². The van der Waals surface area contributed by atoms with Crippen LogP contribution in [0.25, 0.3) is 0 Å². The fourth-order valence-electron chi connectivity index (χ4n) is 4.74. The molecule has 0 heterocycles. The molecule has 2 N–H and O–H groups in total. The molecule has 216 valence electrons. The maximum absolute atomic E-state index is 12.0. The second kappa shape index (κ2) is 20.0. The first-order chi connectivity index (χ1) is 19.1.